The molecule has 2 amide bonds. The van der Waals surface area contributed by atoms with Crippen molar-refractivity contribution in [1.82, 2.24) is 5.32 Å². The maximum atomic E-state index is 11.8. The molecule has 6 heteroatoms. The number of carboxylic acid groups (broad SMARTS) is 1. The molecule has 0 aliphatic carbocycles. The van der Waals surface area contributed by atoms with Gasteiger partial charge in [0.25, 0.3) is 0 Å². The average Bonchev–Trinajstić information content (AvgIpc) is 2.37. The fraction of sp³-hybridized carbons (Fsp3) is 0.429. The minimum Gasteiger partial charge on any atom is -0.481 e. The number of carboxylic acids is 1. The van der Waals surface area contributed by atoms with Crippen LogP contribution in [0.1, 0.15) is 18.9 Å². The third kappa shape index (κ3) is 5.97. The minimum absolute atomic E-state index is 0.0544. The van der Waals surface area contributed by atoms with E-state index in [-0.39, 0.29) is 18.5 Å². The van der Waals surface area contributed by atoms with E-state index in [1.165, 1.54) is 0 Å². The molecule has 0 radical (unpaired) electrons. The van der Waals surface area contributed by atoms with Crippen LogP contribution in [0, 0.1) is 0 Å². The lowest BCUT2D eigenvalue weighted by Crippen LogP contribution is -2.39. The first-order chi connectivity index (χ1) is 9.55. The lowest BCUT2D eigenvalue weighted by molar-refractivity contribution is -0.136. The Morgan fingerprint density at radius 2 is 2.15 bits per heavy atom. The largest absolute Gasteiger partial charge is 0.481 e. The van der Waals surface area contributed by atoms with Crippen molar-refractivity contribution in [2.45, 2.75) is 25.8 Å². The highest BCUT2D eigenvalue weighted by Gasteiger charge is 2.10. The summed E-state index contributed by atoms with van der Waals surface area (Å²) in [5.74, 6) is -0.0270. The maximum Gasteiger partial charge on any atom is 0.319 e. The van der Waals surface area contributed by atoms with E-state index in [0.29, 0.717) is 11.3 Å². The van der Waals surface area contributed by atoms with E-state index in [2.05, 4.69) is 10.6 Å². The third-order valence-electron chi connectivity index (χ3n) is 2.74. The molecule has 0 aromatic heterocycles. The zero-order valence-corrected chi connectivity index (χ0v) is 12.5. The molecule has 1 atom stereocenters. The summed E-state index contributed by atoms with van der Waals surface area (Å²) >= 11 is 1.68. The van der Waals surface area contributed by atoms with Gasteiger partial charge in [-0.15, -0.1) is 0 Å². The predicted octanol–water partition coefficient (Wildman–Crippen LogP) is 2.58. The highest BCUT2D eigenvalue weighted by Crippen LogP contribution is 2.11. The number of rotatable bonds is 7. The van der Waals surface area contributed by atoms with Crippen molar-refractivity contribution in [3.63, 3.8) is 0 Å². The Labute approximate surface area is 123 Å². The predicted molar refractivity (Wildman–Crippen MR) is 82.4 cm³/mol. The number of amides is 2. The average molecular weight is 296 g/mol. The van der Waals surface area contributed by atoms with Crippen molar-refractivity contribution in [2.24, 2.45) is 0 Å². The smallest absolute Gasteiger partial charge is 0.319 e. The van der Waals surface area contributed by atoms with Gasteiger partial charge in [0, 0.05) is 17.5 Å². The van der Waals surface area contributed by atoms with Crippen LogP contribution < -0.4 is 10.6 Å². The Hall–Kier alpha value is -1.69. The standard InChI is InChI=1S/C14H20N2O3S/c1-3-11(9-20-2)15-14(19)16-12-6-4-5-10(7-12)8-13(17)18/h4-7,11H,3,8-9H2,1-2H3,(H,17,18)(H2,15,16,19). The van der Waals surface area contributed by atoms with Gasteiger partial charge in [-0.25, -0.2) is 4.79 Å². The molecule has 1 unspecified atom stereocenters. The van der Waals surface area contributed by atoms with Gasteiger partial charge in [-0.1, -0.05) is 19.1 Å². The molecule has 0 saturated carbocycles. The number of carbonyl (C=O) groups is 2. The third-order valence-corrected chi connectivity index (χ3v) is 3.47. The van der Waals surface area contributed by atoms with E-state index in [0.717, 1.165) is 12.2 Å². The molecule has 5 nitrogen and oxygen atoms in total. The minimum atomic E-state index is -0.891. The number of hydrogen-bond donors (Lipinski definition) is 3. The van der Waals surface area contributed by atoms with Crippen molar-refractivity contribution in [3.05, 3.63) is 29.8 Å². The first-order valence-corrected chi connectivity index (χ1v) is 7.81. The number of hydrogen-bond acceptors (Lipinski definition) is 3. The first-order valence-electron chi connectivity index (χ1n) is 6.42. The van der Waals surface area contributed by atoms with E-state index in [1.54, 1.807) is 36.0 Å². The van der Waals surface area contributed by atoms with Crippen LogP contribution in [0.2, 0.25) is 0 Å². The summed E-state index contributed by atoms with van der Waals surface area (Å²) in [6.45, 7) is 2.02. The quantitative estimate of drug-likeness (QED) is 0.722. The molecule has 20 heavy (non-hydrogen) atoms. The van der Waals surface area contributed by atoms with Crippen molar-refractivity contribution < 1.29 is 14.7 Å². The summed E-state index contributed by atoms with van der Waals surface area (Å²) < 4.78 is 0. The van der Waals surface area contributed by atoms with E-state index >= 15 is 0 Å². The molecule has 0 aliphatic rings. The van der Waals surface area contributed by atoms with Gasteiger partial charge < -0.3 is 15.7 Å². The molecule has 1 aromatic rings. The van der Waals surface area contributed by atoms with Gasteiger partial charge >= 0.3 is 12.0 Å². The molecule has 110 valence electrons. The topological polar surface area (TPSA) is 78.4 Å². The van der Waals surface area contributed by atoms with Gasteiger partial charge in [0.05, 0.1) is 6.42 Å². The van der Waals surface area contributed by atoms with E-state index in [9.17, 15) is 9.59 Å². The summed E-state index contributed by atoms with van der Waals surface area (Å²) in [5.41, 5.74) is 1.26. The molecular formula is C14H20N2O3S. The summed E-state index contributed by atoms with van der Waals surface area (Å²) in [6, 6.07) is 6.72. The monoisotopic (exact) mass is 296 g/mol. The number of thioether (sulfide) groups is 1. The van der Waals surface area contributed by atoms with Gasteiger partial charge in [-0.05, 0) is 30.4 Å². The number of carbonyl (C=O) groups excluding carboxylic acids is 1. The summed E-state index contributed by atoms with van der Waals surface area (Å²) in [6.07, 6.45) is 2.81. The van der Waals surface area contributed by atoms with Gasteiger partial charge in [0.1, 0.15) is 0 Å². The number of benzene rings is 1. The molecule has 1 rings (SSSR count). The van der Waals surface area contributed by atoms with E-state index < -0.39 is 5.97 Å². The number of aliphatic carboxylic acids is 1. The van der Waals surface area contributed by atoms with Crippen LogP contribution >= 0.6 is 11.8 Å². The number of anilines is 1. The van der Waals surface area contributed by atoms with Gasteiger partial charge in [0.2, 0.25) is 0 Å². The second-order valence-corrected chi connectivity index (χ2v) is 5.34. The van der Waals surface area contributed by atoms with Crippen molar-refractivity contribution in [1.29, 1.82) is 0 Å². The van der Waals surface area contributed by atoms with E-state index in [4.69, 9.17) is 5.11 Å². The van der Waals surface area contributed by atoms with Crippen LogP contribution in [-0.4, -0.2) is 35.2 Å². The summed E-state index contributed by atoms with van der Waals surface area (Å²) in [5, 5.41) is 14.4. The van der Waals surface area contributed by atoms with Crippen LogP contribution in [0.15, 0.2) is 24.3 Å². The zero-order chi connectivity index (χ0) is 15.0. The van der Waals surface area contributed by atoms with Gasteiger partial charge in [-0.3, -0.25) is 4.79 Å². The van der Waals surface area contributed by atoms with Crippen LogP contribution in [0.4, 0.5) is 10.5 Å². The van der Waals surface area contributed by atoms with Crippen LogP contribution in [0.5, 0.6) is 0 Å². The molecule has 0 aliphatic heterocycles. The molecule has 0 spiro atoms. The van der Waals surface area contributed by atoms with Gasteiger partial charge in [0.15, 0.2) is 0 Å². The second kappa shape index (κ2) is 8.47. The SMILES string of the molecule is CCC(CSC)NC(=O)Nc1cccc(CC(=O)O)c1. The number of urea groups is 1. The van der Waals surface area contributed by atoms with Crippen LogP contribution in [-0.2, 0) is 11.2 Å². The molecule has 3 N–H and O–H groups in total. The summed E-state index contributed by atoms with van der Waals surface area (Å²) in [4.78, 5) is 22.5. The lowest BCUT2D eigenvalue weighted by Gasteiger charge is -2.16. The molecule has 0 heterocycles. The maximum absolute atomic E-state index is 11.8. The Bertz CT molecular complexity index is 465. The highest BCUT2D eigenvalue weighted by molar-refractivity contribution is 7.98. The molecule has 0 bridgehead atoms. The van der Waals surface area contributed by atoms with Crippen molar-refractivity contribution in [3.8, 4) is 0 Å². The molecule has 0 fully saturated rings. The Morgan fingerprint density at radius 1 is 1.40 bits per heavy atom. The molecular weight excluding hydrogens is 276 g/mol. The Kier molecular flexibility index (Phi) is 6.93. The number of nitrogens with one attached hydrogen (secondary N) is 2. The first kappa shape index (κ1) is 16.4. The van der Waals surface area contributed by atoms with Crippen molar-refractivity contribution >= 4 is 29.4 Å². The fourth-order valence-electron chi connectivity index (χ4n) is 1.75. The molecule has 1 aromatic carbocycles. The second-order valence-electron chi connectivity index (χ2n) is 4.43. The Balaban J connectivity index is 2.59. The highest BCUT2D eigenvalue weighted by atomic mass is 32.2. The van der Waals surface area contributed by atoms with Crippen LogP contribution in [0.3, 0.4) is 0 Å². The van der Waals surface area contributed by atoms with E-state index in [1.807, 2.05) is 13.2 Å². The Morgan fingerprint density at radius 3 is 2.75 bits per heavy atom. The van der Waals surface area contributed by atoms with Crippen molar-refractivity contribution in [2.75, 3.05) is 17.3 Å². The summed E-state index contributed by atoms with van der Waals surface area (Å²) in [7, 11) is 0. The lowest BCUT2D eigenvalue weighted by atomic mass is 10.1. The molecule has 0 saturated heterocycles. The van der Waals surface area contributed by atoms with Gasteiger partial charge in [-0.2, -0.15) is 11.8 Å². The zero-order valence-electron chi connectivity index (χ0n) is 11.7. The normalized spacial score (nSPS) is 11.7. The fourth-order valence-corrected chi connectivity index (χ4v) is 2.47. The van der Waals surface area contributed by atoms with Crippen LogP contribution in [0.25, 0.3) is 0 Å².